The van der Waals surface area contributed by atoms with Crippen molar-refractivity contribution in [2.24, 2.45) is 0 Å². The Morgan fingerprint density at radius 3 is 2.71 bits per heavy atom. The first-order chi connectivity index (χ1) is 10.1. The van der Waals surface area contributed by atoms with Crippen LogP contribution >= 0.6 is 11.3 Å². The maximum atomic E-state index is 11.1. The van der Waals surface area contributed by atoms with Crippen LogP contribution in [0.25, 0.3) is 10.2 Å². The Hall–Kier alpha value is -1.73. The van der Waals surface area contributed by atoms with Crippen LogP contribution < -0.4 is 4.90 Å². The van der Waals surface area contributed by atoms with Crippen molar-refractivity contribution in [3.8, 4) is 0 Å². The second kappa shape index (κ2) is 5.57. The van der Waals surface area contributed by atoms with E-state index in [4.69, 9.17) is 5.11 Å². The number of fused-ring (bicyclic) bond motifs is 1. The molecular weight excluding hydrogens is 288 g/mol. The van der Waals surface area contributed by atoms with Gasteiger partial charge in [0.15, 0.2) is 0 Å². The van der Waals surface area contributed by atoms with Crippen molar-refractivity contribution in [2.75, 3.05) is 31.1 Å². The van der Waals surface area contributed by atoms with E-state index in [0.29, 0.717) is 0 Å². The molecule has 1 atom stereocenters. The molecule has 112 valence electrons. The van der Waals surface area contributed by atoms with E-state index in [1.165, 1.54) is 4.88 Å². The summed E-state index contributed by atoms with van der Waals surface area (Å²) in [6, 6.07) is 1.70. The quantitative estimate of drug-likeness (QED) is 0.929. The summed E-state index contributed by atoms with van der Waals surface area (Å²) < 4.78 is 0. The van der Waals surface area contributed by atoms with Gasteiger partial charge in [-0.05, 0) is 19.9 Å². The molecule has 1 saturated heterocycles. The van der Waals surface area contributed by atoms with Gasteiger partial charge in [-0.1, -0.05) is 0 Å². The van der Waals surface area contributed by atoms with E-state index in [9.17, 15) is 4.79 Å². The van der Waals surface area contributed by atoms with Gasteiger partial charge in [-0.25, -0.2) is 9.97 Å². The van der Waals surface area contributed by atoms with Crippen molar-refractivity contribution < 1.29 is 9.90 Å². The Morgan fingerprint density at radius 1 is 1.33 bits per heavy atom. The zero-order chi connectivity index (χ0) is 15.0. The predicted octanol–water partition coefficient (Wildman–Crippen LogP) is 1.59. The molecular formula is C14H18N4O2S. The topological polar surface area (TPSA) is 69.6 Å². The van der Waals surface area contributed by atoms with E-state index < -0.39 is 12.0 Å². The first-order valence-corrected chi connectivity index (χ1v) is 7.81. The number of anilines is 1. The van der Waals surface area contributed by atoms with Crippen LogP contribution in [-0.4, -0.2) is 58.2 Å². The van der Waals surface area contributed by atoms with Crippen molar-refractivity contribution in [3.05, 3.63) is 17.3 Å². The van der Waals surface area contributed by atoms with Crippen LogP contribution in [0.3, 0.4) is 0 Å². The minimum Gasteiger partial charge on any atom is -0.480 e. The number of nitrogens with zero attached hydrogens (tertiary/aromatic N) is 4. The largest absolute Gasteiger partial charge is 0.480 e. The van der Waals surface area contributed by atoms with Gasteiger partial charge in [0.25, 0.3) is 0 Å². The lowest BCUT2D eigenvalue weighted by Gasteiger charge is -2.37. The molecule has 2 aromatic heterocycles. The molecule has 0 amide bonds. The summed E-state index contributed by atoms with van der Waals surface area (Å²) in [4.78, 5) is 26.3. The fourth-order valence-corrected chi connectivity index (χ4v) is 3.53. The highest BCUT2D eigenvalue weighted by molar-refractivity contribution is 7.18. The summed E-state index contributed by atoms with van der Waals surface area (Å²) in [7, 11) is 0. The molecule has 2 aromatic rings. The van der Waals surface area contributed by atoms with Crippen LogP contribution in [0.2, 0.25) is 0 Å². The second-order valence-electron chi connectivity index (χ2n) is 5.31. The van der Waals surface area contributed by atoms with Gasteiger partial charge < -0.3 is 10.0 Å². The highest BCUT2D eigenvalue weighted by Gasteiger charge is 2.26. The van der Waals surface area contributed by atoms with Crippen LogP contribution in [0, 0.1) is 6.92 Å². The maximum Gasteiger partial charge on any atom is 0.320 e. The maximum absolute atomic E-state index is 11.1. The first kappa shape index (κ1) is 14.2. The highest BCUT2D eigenvalue weighted by atomic mass is 32.1. The molecule has 0 bridgehead atoms. The van der Waals surface area contributed by atoms with Crippen molar-refractivity contribution in [2.45, 2.75) is 19.9 Å². The van der Waals surface area contributed by atoms with Crippen LogP contribution in [0.1, 0.15) is 11.8 Å². The average molecular weight is 306 g/mol. The molecule has 1 N–H and O–H groups in total. The predicted molar refractivity (Wildman–Crippen MR) is 83.0 cm³/mol. The molecule has 0 spiro atoms. The number of piperazine rings is 1. The van der Waals surface area contributed by atoms with Gasteiger partial charge in [0.05, 0.1) is 5.39 Å². The van der Waals surface area contributed by atoms with E-state index >= 15 is 0 Å². The van der Waals surface area contributed by atoms with Gasteiger partial charge in [0.1, 0.15) is 23.0 Å². The van der Waals surface area contributed by atoms with Crippen LogP contribution in [-0.2, 0) is 4.79 Å². The molecule has 1 aliphatic rings. The molecule has 1 fully saturated rings. The molecule has 21 heavy (non-hydrogen) atoms. The summed E-state index contributed by atoms with van der Waals surface area (Å²) in [5, 5.41) is 10.2. The number of aliphatic carboxylic acids is 1. The van der Waals surface area contributed by atoms with Crippen LogP contribution in [0.4, 0.5) is 5.82 Å². The van der Waals surface area contributed by atoms with Crippen LogP contribution in [0.15, 0.2) is 12.4 Å². The van der Waals surface area contributed by atoms with E-state index in [-0.39, 0.29) is 0 Å². The molecule has 3 rings (SSSR count). The molecule has 7 heteroatoms. The molecule has 0 radical (unpaired) electrons. The summed E-state index contributed by atoms with van der Waals surface area (Å²) in [6.45, 7) is 6.87. The summed E-state index contributed by atoms with van der Waals surface area (Å²) in [5.41, 5.74) is 0. The zero-order valence-corrected chi connectivity index (χ0v) is 12.9. The Bertz CT molecular complexity index is 664. The van der Waals surface area contributed by atoms with Gasteiger partial charge in [0, 0.05) is 31.1 Å². The average Bonchev–Trinajstić information content (AvgIpc) is 2.86. The number of thiophene rings is 1. The van der Waals surface area contributed by atoms with Crippen molar-refractivity contribution in [1.29, 1.82) is 0 Å². The van der Waals surface area contributed by atoms with E-state index in [1.807, 2.05) is 4.90 Å². The van der Waals surface area contributed by atoms with Gasteiger partial charge in [-0.3, -0.25) is 9.69 Å². The van der Waals surface area contributed by atoms with Gasteiger partial charge >= 0.3 is 5.97 Å². The third-order valence-electron chi connectivity index (χ3n) is 3.95. The standard InChI is InChI=1S/C14H18N4O2S/c1-9-7-11-12(15-8-16-13(11)21-9)18-5-3-17(4-6-18)10(2)14(19)20/h7-8,10H,3-6H2,1-2H3,(H,19,20). The molecule has 0 aromatic carbocycles. The molecule has 6 nitrogen and oxygen atoms in total. The minimum atomic E-state index is -0.763. The lowest BCUT2D eigenvalue weighted by Crippen LogP contribution is -2.52. The zero-order valence-electron chi connectivity index (χ0n) is 12.1. The third kappa shape index (κ3) is 2.71. The SMILES string of the molecule is Cc1cc2c(N3CCN(C(C)C(=O)O)CC3)ncnc2s1. The monoisotopic (exact) mass is 306 g/mol. The smallest absolute Gasteiger partial charge is 0.320 e. The number of hydrogen-bond donors (Lipinski definition) is 1. The lowest BCUT2D eigenvalue weighted by atomic mass is 10.2. The Morgan fingerprint density at radius 2 is 2.05 bits per heavy atom. The number of carbonyl (C=O) groups is 1. The molecule has 0 saturated carbocycles. The Balaban J connectivity index is 1.78. The molecule has 1 unspecified atom stereocenters. The van der Waals surface area contributed by atoms with Crippen molar-refractivity contribution >= 4 is 33.3 Å². The summed E-state index contributed by atoms with van der Waals surface area (Å²) >= 11 is 1.67. The van der Waals surface area contributed by atoms with Gasteiger partial charge in [-0.15, -0.1) is 11.3 Å². The normalized spacial score (nSPS) is 18.1. The van der Waals surface area contributed by atoms with E-state index in [2.05, 4.69) is 27.9 Å². The summed E-state index contributed by atoms with van der Waals surface area (Å²) in [6.07, 6.45) is 1.61. The fraction of sp³-hybridized carbons (Fsp3) is 0.500. The third-order valence-corrected chi connectivity index (χ3v) is 4.91. The number of rotatable bonds is 3. The van der Waals surface area contributed by atoms with Gasteiger partial charge in [0.2, 0.25) is 0 Å². The van der Waals surface area contributed by atoms with Crippen LogP contribution in [0.5, 0.6) is 0 Å². The van der Waals surface area contributed by atoms with Crippen molar-refractivity contribution in [1.82, 2.24) is 14.9 Å². The Labute approximate surface area is 127 Å². The number of aromatic nitrogens is 2. The molecule has 0 aliphatic carbocycles. The first-order valence-electron chi connectivity index (χ1n) is 6.99. The lowest BCUT2D eigenvalue weighted by molar-refractivity contribution is -0.142. The number of carboxylic acid groups (broad SMARTS) is 1. The highest BCUT2D eigenvalue weighted by Crippen LogP contribution is 2.30. The summed E-state index contributed by atoms with van der Waals surface area (Å²) in [5.74, 6) is 0.202. The number of hydrogen-bond acceptors (Lipinski definition) is 6. The molecule has 1 aliphatic heterocycles. The number of aryl methyl sites for hydroxylation is 1. The minimum absolute atomic E-state index is 0.430. The Kier molecular flexibility index (Phi) is 3.77. The van der Waals surface area contributed by atoms with Crippen molar-refractivity contribution in [3.63, 3.8) is 0 Å². The fourth-order valence-electron chi connectivity index (χ4n) is 2.69. The van der Waals surface area contributed by atoms with E-state index in [1.54, 1.807) is 24.6 Å². The molecule has 3 heterocycles. The number of carboxylic acids is 1. The van der Waals surface area contributed by atoms with E-state index in [0.717, 1.165) is 42.2 Å². The second-order valence-corrected chi connectivity index (χ2v) is 6.55. The van der Waals surface area contributed by atoms with Gasteiger partial charge in [-0.2, -0.15) is 0 Å².